The van der Waals surface area contributed by atoms with Gasteiger partial charge in [-0.15, -0.1) is 0 Å². The molecule has 0 radical (unpaired) electrons. The van der Waals surface area contributed by atoms with Crippen LogP contribution in [0.5, 0.6) is 0 Å². The van der Waals surface area contributed by atoms with Crippen molar-refractivity contribution in [1.29, 1.82) is 0 Å². The van der Waals surface area contributed by atoms with Gasteiger partial charge in [-0.25, -0.2) is 0 Å². The first kappa shape index (κ1) is 19.5. The Kier molecular flexibility index (Phi) is 8.66. The molecule has 6 nitrogen and oxygen atoms in total. The van der Waals surface area contributed by atoms with E-state index in [9.17, 15) is 14.4 Å². The van der Waals surface area contributed by atoms with Gasteiger partial charge in [0.15, 0.2) is 0 Å². The third-order valence-electron chi connectivity index (χ3n) is 4.23. The summed E-state index contributed by atoms with van der Waals surface area (Å²) in [7, 11) is 0. The molecule has 0 bridgehead atoms. The van der Waals surface area contributed by atoms with E-state index in [1.807, 2.05) is 4.90 Å². The lowest BCUT2D eigenvalue weighted by Crippen LogP contribution is -2.37. The highest BCUT2D eigenvalue weighted by Crippen LogP contribution is 2.21. The van der Waals surface area contributed by atoms with E-state index in [1.165, 1.54) is 0 Å². The second kappa shape index (κ2) is 10.2. The van der Waals surface area contributed by atoms with Crippen LogP contribution in [0.4, 0.5) is 0 Å². The van der Waals surface area contributed by atoms with Crippen LogP contribution in [0.3, 0.4) is 0 Å². The van der Waals surface area contributed by atoms with Crippen molar-refractivity contribution in [2.45, 2.75) is 71.3 Å². The van der Waals surface area contributed by atoms with Gasteiger partial charge in [-0.3, -0.25) is 14.4 Å². The van der Waals surface area contributed by atoms with E-state index >= 15 is 0 Å². The van der Waals surface area contributed by atoms with Crippen molar-refractivity contribution in [2.24, 2.45) is 0 Å². The van der Waals surface area contributed by atoms with Crippen molar-refractivity contribution in [2.75, 3.05) is 19.6 Å². The van der Waals surface area contributed by atoms with Gasteiger partial charge >= 0.3 is 5.97 Å². The quantitative estimate of drug-likeness (QED) is 0.668. The maximum atomic E-state index is 12.2. The minimum atomic E-state index is -0.861. The molecular weight excluding hydrogens is 296 g/mol. The molecule has 1 N–H and O–H groups in total. The third kappa shape index (κ3) is 6.59. The molecule has 1 fully saturated rings. The Balaban J connectivity index is 2.37. The fourth-order valence-electron chi connectivity index (χ4n) is 3.17. The number of amides is 2. The van der Waals surface area contributed by atoms with Crippen LogP contribution in [-0.2, 0) is 14.4 Å². The SMILES string of the molecule is CCCN(CCC)C(=O)CCCC(=O)N1CCCC1CC(=O)O. The van der Waals surface area contributed by atoms with Gasteiger partial charge in [-0.2, -0.15) is 0 Å². The fraction of sp³-hybridized carbons (Fsp3) is 0.824. The number of carboxylic acid groups (broad SMARTS) is 1. The number of likely N-dealkylation sites (tertiary alicyclic amines) is 1. The predicted molar refractivity (Wildman–Crippen MR) is 88.0 cm³/mol. The van der Waals surface area contributed by atoms with Crippen molar-refractivity contribution in [3.8, 4) is 0 Å². The fourth-order valence-corrected chi connectivity index (χ4v) is 3.17. The summed E-state index contributed by atoms with van der Waals surface area (Å²) in [5.74, 6) is -0.760. The van der Waals surface area contributed by atoms with Gasteiger partial charge in [0.1, 0.15) is 0 Å². The lowest BCUT2D eigenvalue weighted by molar-refractivity contribution is -0.139. The number of carbonyl (C=O) groups is 3. The highest BCUT2D eigenvalue weighted by Gasteiger charge is 2.29. The second-order valence-electron chi connectivity index (χ2n) is 6.22. The first-order valence-electron chi connectivity index (χ1n) is 8.78. The van der Waals surface area contributed by atoms with Crippen LogP contribution in [0.2, 0.25) is 0 Å². The van der Waals surface area contributed by atoms with E-state index in [4.69, 9.17) is 5.11 Å². The molecular formula is C17H30N2O4. The molecule has 0 aromatic carbocycles. The summed E-state index contributed by atoms with van der Waals surface area (Å²) in [5, 5.41) is 8.90. The molecule has 0 aliphatic carbocycles. The molecule has 1 saturated heterocycles. The summed E-state index contributed by atoms with van der Waals surface area (Å²) in [6.45, 7) is 6.29. The van der Waals surface area contributed by atoms with Crippen LogP contribution >= 0.6 is 0 Å². The van der Waals surface area contributed by atoms with Crippen LogP contribution in [0, 0.1) is 0 Å². The summed E-state index contributed by atoms with van der Waals surface area (Å²) < 4.78 is 0. The van der Waals surface area contributed by atoms with Crippen LogP contribution in [0.1, 0.15) is 65.2 Å². The molecule has 2 amide bonds. The van der Waals surface area contributed by atoms with Gasteiger partial charge in [0.25, 0.3) is 0 Å². The van der Waals surface area contributed by atoms with Crippen molar-refractivity contribution in [1.82, 2.24) is 9.80 Å². The summed E-state index contributed by atoms with van der Waals surface area (Å²) in [6.07, 6.45) is 4.78. The first-order valence-corrected chi connectivity index (χ1v) is 8.78. The Morgan fingerprint density at radius 3 is 2.35 bits per heavy atom. The Morgan fingerprint density at radius 2 is 1.78 bits per heavy atom. The van der Waals surface area contributed by atoms with Crippen LogP contribution in [0.25, 0.3) is 0 Å². The first-order chi connectivity index (χ1) is 11.0. The topological polar surface area (TPSA) is 77.9 Å². The van der Waals surface area contributed by atoms with Gasteiger partial charge in [0.2, 0.25) is 11.8 Å². The molecule has 0 aromatic heterocycles. The summed E-state index contributed by atoms with van der Waals surface area (Å²) in [4.78, 5) is 38.8. The van der Waals surface area contributed by atoms with E-state index in [2.05, 4.69) is 13.8 Å². The Morgan fingerprint density at radius 1 is 1.13 bits per heavy atom. The van der Waals surface area contributed by atoms with E-state index in [-0.39, 0.29) is 24.3 Å². The summed E-state index contributed by atoms with van der Waals surface area (Å²) in [5.41, 5.74) is 0. The Labute approximate surface area is 138 Å². The zero-order valence-corrected chi connectivity index (χ0v) is 14.4. The molecule has 1 aliphatic heterocycles. The monoisotopic (exact) mass is 326 g/mol. The van der Waals surface area contributed by atoms with E-state index < -0.39 is 5.97 Å². The van der Waals surface area contributed by atoms with Crippen molar-refractivity contribution in [3.05, 3.63) is 0 Å². The van der Waals surface area contributed by atoms with Crippen molar-refractivity contribution >= 4 is 17.8 Å². The molecule has 0 spiro atoms. The van der Waals surface area contributed by atoms with Crippen molar-refractivity contribution in [3.63, 3.8) is 0 Å². The standard InChI is InChI=1S/C17H30N2O4/c1-3-10-18(11-4-2)15(20)8-5-9-16(21)19-12-6-7-14(19)13-17(22)23/h14H,3-13H2,1-2H3,(H,22,23). The highest BCUT2D eigenvalue weighted by atomic mass is 16.4. The molecule has 0 aromatic rings. The second-order valence-corrected chi connectivity index (χ2v) is 6.22. The van der Waals surface area contributed by atoms with Gasteiger partial charge < -0.3 is 14.9 Å². The molecule has 23 heavy (non-hydrogen) atoms. The van der Waals surface area contributed by atoms with Crippen molar-refractivity contribution < 1.29 is 19.5 Å². The molecule has 1 heterocycles. The predicted octanol–water partition coefficient (Wildman–Crippen LogP) is 2.27. The minimum Gasteiger partial charge on any atom is -0.481 e. The molecule has 132 valence electrons. The molecule has 1 unspecified atom stereocenters. The van der Waals surface area contributed by atoms with E-state index in [0.29, 0.717) is 25.8 Å². The molecule has 1 atom stereocenters. The average Bonchev–Trinajstić information content (AvgIpc) is 2.94. The number of hydrogen-bond donors (Lipinski definition) is 1. The zero-order chi connectivity index (χ0) is 17.2. The number of carboxylic acids is 1. The van der Waals surface area contributed by atoms with Crippen LogP contribution in [0.15, 0.2) is 0 Å². The molecule has 6 heteroatoms. The largest absolute Gasteiger partial charge is 0.481 e. The maximum absolute atomic E-state index is 12.2. The third-order valence-corrected chi connectivity index (χ3v) is 4.23. The lowest BCUT2D eigenvalue weighted by atomic mass is 10.1. The molecule has 0 saturated carbocycles. The smallest absolute Gasteiger partial charge is 0.305 e. The number of aliphatic carboxylic acids is 1. The molecule has 1 aliphatic rings. The van der Waals surface area contributed by atoms with Gasteiger partial charge in [-0.1, -0.05) is 13.8 Å². The van der Waals surface area contributed by atoms with E-state index in [0.717, 1.165) is 38.8 Å². The molecule has 1 rings (SSSR count). The van der Waals surface area contributed by atoms with Gasteiger partial charge in [-0.05, 0) is 32.1 Å². The summed E-state index contributed by atoms with van der Waals surface area (Å²) >= 11 is 0. The Bertz CT molecular complexity index is 405. The zero-order valence-electron chi connectivity index (χ0n) is 14.4. The number of rotatable bonds is 10. The van der Waals surface area contributed by atoms with Crippen LogP contribution < -0.4 is 0 Å². The number of nitrogens with zero attached hydrogens (tertiary/aromatic N) is 2. The van der Waals surface area contributed by atoms with Gasteiger partial charge in [0.05, 0.1) is 6.42 Å². The van der Waals surface area contributed by atoms with E-state index in [1.54, 1.807) is 4.90 Å². The Hall–Kier alpha value is -1.59. The van der Waals surface area contributed by atoms with Crippen LogP contribution in [-0.4, -0.2) is 58.4 Å². The van der Waals surface area contributed by atoms with Gasteiger partial charge in [0, 0.05) is 38.5 Å². The summed E-state index contributed by atoms with van der Waals surface area (Å²) in [6, 6.07) is -0.174. The number of hydrogen-bond acceptors (Lipinski definition) is 3. The highest BCUT2D eigenvalue weighted by molar-refractivity contribution is 5.80. The number of carbonyl (C=O) groups excluding carboxylic acids is 2. The lowest BCUT2D eigenvalue weighted by Gasteiger charge is -2.24. The average molecular weight is 326 g/mol. The maximum Gasteiger partial charge on any atom is 0.305 e. The minimum absolute atomic E-state index is 0.0147. The normalized spacial score (nSPS) is 17.3.